The van der Waals surface area contributed by atoms with Crippen molar-refractivity contribution in [2.24, 2.45) is 5.73 Å². The highest BCUT2D eigenvalue weighted by atomic mass is 32.2. The second-order valence-electron chi connectivity index (χ2n) is 5.21. The van der Waals surface area contributed by atoms with E-state index in [1.54, 1.807) is 12.1 Å². The van der Waals surface area contributed by atoms with Crippen LogP contribution in [0.5, 0.6) is 0 Å². The number of nitrogens with zero attached hydrogens (tertiary/aromatic N) is 1. The Morgan fingerprint density at radius 2 is 2.12 bits per heavy atom. The van der Waals surface area contributed by atoms with Crippen molar-refractivity contribution in [2.45, 2.75) is 5.03 Å². The monoisotopic (exact) mass is 369 g/mol. The van der Waals surface area contributed by atoms with Crippen LogP contribution in [-0.2, 0) is 0 Å². The van der Waals surface area contributed by atoms with Crippen molar-refractivity contribution in [1.29, 1.82) is 0 Å². The molecule has 0 saturated carbocycles. The maximum atomic E-state index is 11.8. The molecule has 1 aromatic carbocycles. The van der Waals surface area contributed by atoms with Gasteiger partial charge in [0.2, 0.25) is 0 Å². The van der Waals surface area contributed by atoms with E-state index in [2.05, 4.69) is 16.5 Å². The van der Waals surface area contributed by atoms with E-state index in [0.29, 0.717) is 27.7 Å². The summed E-state index contributed by atoms with van der Waals surface area (Å²) >= 11 is 2.89. The molecular weight excluding hydrogens is 352 g/mol. The summed E-state index contributed by atoms with van der Waals surface area (Å²) in [6.45, 7) is 3.68. The summed E-state index contributed by atoms with van der Waals surface area (Å²) in [6.07, 6.45) is 1.75. The fourth-order valence-electron chi connectivity index (χ4n) is 2.30. The number of anilines is 1. The van der Waals surface area contributed by atoms with Crippen LogP contribution in [0.15, 0.2) is 59.5 Å². The van der Waals surface area contributed by atoms with Gasteiger partial charge in [-0.2, -0.15) is 0 Å². The molecule has 0 aliphatic rings. The van der Waals surface area contributed by atoms with E-state index in [1.165, 1.54) is 23.1 Å². The van der Waals surface area contributed by atoms with Crippen LogP contribution in [0.2, 0.25) is 0 Å². The van der Waals surface area contributed by atoms with Crippen LogP contribution in [0, 0.1) is 0 Å². The first-order valence-corrected chi connectivity index (χ1v) is 9.37. The van der Waals surface area contributed by atoms with E-state index in [0.717, 1.165) is 16.3 Å². The van der Waals surface area contributed by atoms with Crippen LogP contribution in [-0.4, -0.2) is 16.6 Å². The molecule has 0 spiro atoms. The number of nitrogen functional groups attached to an aromatic ring is 1. The van der Waals surface area contributed by atoms with Crippen molar-refractivity contribution >= 4 is 34.8 Å². The average molecular weight is 369 g/mol. The lowest BCUT2D eigenvalue weighted by molar-refractivity contribution is -0.409. The van der Waals surface area contributed by atoms with E-state index in [1.807, 2.05) is 35.7 Å². The third-order valence-electron chi connectivity index (χ3n) is 3.49. The van der Waals surface area contributed by atoms with Gasteiger partial charge in [-0.1, -0.05) is 48.2 Å². The van der Waals surface area contributed by atoms with Crippen molar-refractivity contribution < 1.29 is 9.78 Å². The highest BCUT2D eigenvalue weighted by molar-refractivity contribution is 7.99. The Balaban J connectivity index is 2.03. The Kier molecular flexibility index (Phi) is 5.16. The minimum atomic E-state index is -0.510. The molecule has 5 N–H and O–H groups in total. The van der Waals surface area contributed by atoms with E-state index in [9.17, 15) is 4.79 Å². The highest BCUT2D eigenvalue weighted by Crippen LogP contribution is 2.32. The first-order valence-electron chi connectivity index (χ1n) is 7.50. The maximum absolute atomic E-state index is 11.8. The van der Waals surface area contributed by atoms with Gasteiger partial charge in [-0.15, -0.1) is 17.9 Å². The normalized spacial score (nSPS) is 10.6. The molecule has 0 atom stereocenters. The molecule has 0 aliphatic heterocycles. The third-order valence-corrected chi connectivity index (χ3v) is 5.38. The van der Waals surface area contributed by atoms with E-state index in [-0.39, 0.29) is 0 Å². The van der Waals surface area contributed by atoms with Gasteiger partial charge in [0, 0.05) is 16.7 Å². The van der Waals surface area contributed by atoms with Crippen LogP contribution in [0.3, 0.4) is 0 Å². The van der Waals surface area contributed by atoms with Crippen molar-refractivity contribution in [1.82, 2.24) is 4.98 Å². The number of hydrogen-bond acceptors (Lipinski definition) is 5. The van der Waals surface area contributed by atoms with Gasteiger partial charge >= 0.3 is 0 Å². The van der Waals surface area contributed by atoms with Crippen molar-refractivity contribution in [3.8, 4) is 21.8 Å². The van der Waals surface area contributed by atoms with Crippen molar-refractivity contribution in [3.63, 3.8) is 0 Å². The number of benzene rings is 1. The molecule has 126 valence electrons. The second kappa shape index (κ2) is 7.50. The van der Waals surface area contributed by atoms with Gasteiger partial charge in [-0.3, -0.25) is 10.5 Å². The lowest BCUT2D eigenvalue weighted by atomic mass is 10.1. The summed E-state index contributed by atoms with van der Waals surface area (Å²) in [5.41, 5.74) is 14.6. The predicted octanol–water partition coefficient (Wildman–Crippen LogP) is 3.25. The van der Waals surface area contributed by atoms with Crippen LogP contribution in [0.4, 0.5) is 5.82 Å². The third kappa shape index (κ3) is 3.72. The van der Waals surface area contributed by atoms with Gasteiger partial charge in [-0.05, 0) is 6.07 Å². The summed E-state index contributed by atoms with van der Waals surface area (Å²) in [7, 11) is 0. The van der Waals surface area contributed by atoms with Crippen LogP contribution in [0.25, 0.3) is 21.8 Å². The zero-order valence-electron chi connectivity index (χ0n) is 13.4. The first-order chi connectivity index (χ1) is 12.1. The number of pyridine rings is 1. The molecule has 0 fully saturated rings. The fourth-order valence-corrected chi connectivity index (χ4v) is 3.94. The Hall–Kier alpha value is -2.64. The Morgan fingerprint density at radius 1 is 1.36 bits per heavy atom. The van der Waals surface area contributed by atoms with Gasteiger partial charge in [0.05, 0.1) is 11.3 Å². The number of amides is 1. The number of thioether (sulfide) groups is 1. The molecule has 0 saturated heterocycles. The minimum Gasteiger partial charge on any atom is -0.365 e. The predicted molar refractivity (Wildman–Crippen MR) is 103 cm³/mol. The number of rotatable bonds is 6. The molecule has 0 aliphatic carbocycles. The first kappa shape index (κ1) is 17.2. The van der Waals surface area contributed by atoms with Gasteiger partial charge in [-0.25, -0.2) is 9.97 Å². The lowest BCUT2D eigenvalue weighted by Crippen LogP contribution is -2.22. The number of aromatic amines is 1. The average Bonchev–Trinajstić information content (AvgIpc) is 3.10. The minimum absolute atomic E-state index is 0.396. The number of hydrogen-bond donors (Lipinski definition) is 2. The van der Waals surface area contributed by atoms with E-state index in [4.69, 9.17) is 11.5 Å². The van der Waals surface area contributed by atoms with Gasteiger partial charge in [0.15, 0.2) is 5.03 Å². The molecule has 25 heavy (non-hydrogen) atoms. The van der Waals surface area contributed by atoms with Gasteiger partial charge < -0.3 is 5.73 Å². The Morgan fingerprint density at radius 3 is 2.80 bits per heavy atom. The maximum Gasteiger partial charge on any atom is 0.281 e. The summed E-state index contributed by atoms with van der Waals surface area (Å²) in [5, 5.41) is 3.33. The van der Waals surface area contributed by atoms with Crippen molar-refractivity contribution in [2.75, 3.05) is 11.5 Å². The standard InChI is InChI=1S/C18H16N4OS2/c1-2-8-24-18-13(16(20)23)9-12(15(19)22-18)17-21-14(10-25-17)11-6-4-3-5-7-11/h2-7,9-10H,1,8H2,(H2,19,22)(H2,20,23)/p+1. The SMILES string of the molecule is C=CCSc1[nH+]c(N)c(-c2nc(-c3ccccc3)cs2)cc1C(N)=O. The van der Waals surface area contributed by atoms with Gasteiger partial charge in [0.1, 0.15) is 10.6 Å². The Bertz CT molecular complexity index is 922. The largest absolute Gasteiger partial charge is 0.365 e. The molecule has 0 bridgehead atoms. The molecule has 0 radical (unpaired) electrons. The van der Waals surface area contributed by atoms with Crippen LogP contribution < -0.4 is 16.5 Å². The van der Waals surface area contributed by atoms with Crippen LogP contribution >= 0.6 is 23.1 Å². The second-order valence-corrected chi connectivity index (χ2v) is 7.10. The summed E-state index contributed by atoms with van der Waals surface area (Å²) < 4.78 is 0. The molecule has 3 aromatic rings. The zero-order chi connectivity index (χ0) is 17.8. The fraction of sp³-hybridized carbons (Fsp3) is 0.0556. The number of aromatic nitrogens is 2. The summed E-state index contributed by atoms with van der Waals surface area (Å²) in [6, 6.07) is 11.6. The molecular formula is C18H17N4OS2+. The zero-order valence-corrected chi connectivity index (χ0v) is 15.0. The molecule has 2 aromatic heterocycles. The molecule has 2 heterocycles. The number of thiazole rings is 1. The number of primary amides is 1. The van der Waals surface area contributed by atoms with E-state index >= 15 is 0 Å². The quantitative estimate of drug-likeness (QED) is 0.515. The smallest absolute Gasteiger partial charge is 0.281 e. The summed E-state index contributed by atoms with van der Waals surface area (Å²) in [5.74, 6) is 0.583. The summed E-state index contributed by atoms with van der Waals surface area (Å²) in [4.78, 5) is 19.5. The van der Waals surface area contributed by atoms with Gasteiger partial charge in [0.25, 0.3) is 11.7 Å². The van der Waals surface area contributed by atoms with E-state index < -0.39 is 5.91 Å². The topological polar surface area (TPSA) is 96.1 Å². The van der Waals surface area contributed by atoms with Crippen LogP contribution in [0.1, 0.15) is 10.4 Å². The molecule has 3 rings (SSSR count). The molecule has 1 amide bonds. The molecule has 7 heteroatoms. The van der Waals surface area contributed by atoms with Crippen molar-refractivity contribution in [3.05, 3.63) is 60.0 Å². The number of nitrogens with one attached hydrogen (secondary N) is 1. The number of carbonyl (C=O) groups is 1. The lowest BCUT2D eigenvalue weighted by Gasteiger charge is -2.05. The Labute approximate surface area is 153 Å². The molecule has 0 unspecified atom stereocenters. The number of nitrogens with two attached hydrogens (primary N) is 2. The molecule has 5 nitrogen and oxygen atoms in total. The number of H-pyrrole nitrogens is 1. The highest BCUT2D eigenvalue weighted by Gasteiger charge is 2.21. The number of carbonyl (C=O) groups excluding carboxylic acids is 1.